The Morgan fingerprint density at radius 1 is 1.16 bits per heavy atom. The number of hydrogen-bond donors (Lipinski definition) is 0. The smallest absolute Gasteiger partial charge is 0.354 e. The second-order valence-electron chi connectivity index (χ2n) is 7.89. The van der Waals surface area contributed by atoms with Crippen molar-refractivity contribution in [2.45, 2.75) is 43.5 Å². The number of sulfonamides is 1. The van der Waals surface area contributed by atoms with Gasteiger partial charge in [0.05, 0.1) is 6.61 Å². The lowest BCUT2D eigenvalue weighted by Crippen LogP contribution is -2.49. The fourth-order valence-electron chi connectivity index (χ4n) is 4.44. The first-order valence-electron chi connectivity index (χ1n) is 10.6. The molecule has 9 heteroatoms. The average molecular weight is 446 g/mol. The average Bonchev–Trinajstić information content (AvgIpc) is 3.41. The molecular weight excluding hydrogens is 418 g/mol. The number of ether oxygens (including phenoxy) is 1. The molecule has 0 aliphatic carbocycles. The number of anilines is 1. The molecule has 1 aromatic heterocycles. The summed E-state index contributed by atoms with van der Waals surface area (Å²) in [6, 6.07) is 8.36. The predicted octanol–water partition coefficient (Wildman–Crippen LogP) is 2.33. The van der Waals surface area contributed by atoms with Gasteiger partial charge >= 0.3 is 5.97 Å². The van der Waals surface area contributed by atoms with E-state index in [1.807, 2.05) is 24.3 Å². The van der Waals surface area contributed by atoms with Crippen LogP contribution in [0.2, 0.25) is 0 Å². The van der Waals surface area contributed by atoms with Gasteiger partial charge in [0, 0.05) is 32.0 Å². The Labute approximate surface area is 182 Å². The van der Waals surface area contributed by atoms with Crippen molar-refractivity contribution >= 4 is 27.6 Å². The van der Waals surface area contributed by atoms with E-state index in [0.717, 1.165) is 24.1 Å². The van der Waals surface area contributed by atoms with E-state index in [1.54, 1.807) is 18.9 Å². The van der Waals surface area contributed by atoms with Gasteiger partial charge in [0.1, 0.15) is 16.6 Å². The molecule has 0 spiro atoms. The molecular formula is C22H27N3O5S. The van der Waals surface area contributed by atoms with Gasteiger partial charge in [0.25, 0.3) is 0 Å². The summed E-state index contributed by atoms with van der Waals surface area (Å²) in [5.74, 6) is -0.764. The van der Waals surface area contributed by atoms with Crippen LogP contribution in [-0.4, -0.2) is 54.9 Å². The molecule has 0 N–H and O–H groups in total. The summed E-state index contributed by atoms with van der Waals surface area (Å²) in [6.07, 6.45) is 4.26. The van der Waals surface area contributed by atoms with E-state index in [-0.39, 0.29) is 29.6 Å². The third kappa shape index (κ3) is 3.87. The zero-order valence-corrected chi connectivity index (χ0v) is 18.6. The van der Waals surface area contributed by atoms with Crippen LogP contribution in [-0.2, 0) is 33.0 Å². The Morgan fingerprint density at radius 3 is 2.71 bits per heavy atom. The third-order valence-corrected chi connectivity index (χ3v) is 7.81. The molecule has 1 aromatic carbocycles. The van der Waals surface area contributed by atoms with Crippen LogP contribution < -0.4 is 4.90 Å². The Kier molecular flexibility index (Phi) is 5.90. The van der Waals surface area contributed by atoms with Crippen molar-refractivity contribution in [3.63, 3.8) is 0 Å². The Hall–Kier alpha value is -2.65. The number of carbonyl (C=O) groups excluding carboxylic acids is 2. The molecule has 2 aliphatic heterocycles. The van der Waals surface area contributed by atoms with Crippen LogP contribution in [0.25, 0.3) is 0 Å². The minimum atomic E-state index is -3.94. The molecule has 1 amide bonds. The second kappa shape index (κ2) is 8.47. The molecule has 1 saturated heterocycles. The van der Waals surface area contributed by atoms with E-state index < -0.39 is 22.0 Å². The highest BCUT2D eigenvalue weighted by Gasteiger charge is 2.42. The molecule has 3 heterocycles. The molecule has 0 unspecified atom stereocenters. The van der Waals surface area contributed by atoms with E-state index in [2.05, 4.69) is 0 Å². The van der Waals surface area contributed by atoms with Crippen LogP contribution in [0.3, 0.4) is 0 Å². The van der Waals surface area contributed by atoms with Crippen molar-refractivity contribution in [2.75, 3.05) is 24.6 Å². The minimum absolute atomic E-state index is 0.00297. The van der Waals surface area contributed by atoms with Gasteiger partial charge in [-0.3, -0.25) is 4.79 Å². The zero-order chi connectivity index (χ0) is 22.2. The maximum Gasteiger partial charge on any atom is 0.354 e. The largest absolute Gasteiger partial charge is 0.461 e. The molecule has 166 valence electrons. The Morgan fingerprint density at radius 2 is 1.94 bits per heavy atom. The van der Waals surface area contributed by atoms with E-state index in [0.29, 0.717) is 19.4 Å². The number of benzene rings is 1. The van der Waals surface area contributed by atoms with Crippen molar-refractivity contribution in [3.05, 3.63) is 47.8 Å². The molecule has 8 nitrogen and oxygen atoms in total. The summed E-state index contributed by atoms with van der Waals surface area (Å²) in [4.78, 5) is 27.3. The van der Waals surface area contributed by atoms with Gasteiger partial charge < -0.3 is 14.2 Å². The van der Waals surface area contributed by atoms with Gasteiger partial charge in [-0.15, -0.1) is 0 Å². The highest BCUT2D eigenvalue weighted by Crippen LogP contribution is 2.32. The summed E-state index contributed by atoms with van der Waals surface area (Å²) >= 11 is 0. The first kappa shape index (κ1) is 21.6. The number of esters is 1. The lowest BCUT2D eigenvalue weighted by Gasteiger charge is -2.33. The van der Waals surface area contributed by atoms with Crippen LogP contribution in [0.5, 0.6) is 0 Å². The quantitative estimate of drug-likeness (QED) is 0.659. The Bertz CT molecular complexity index is 1110. The Balaban J connectivity index is 1.62. The van der Waals surface area contributed by atoms with E-state index in [1.165, 1.54) is 21.1 Å². The number of aromatic nitrogens is 1. The van der Waals surface area contributed by atoms with Gasteiger partial charge in [-0.25, -0.2) is 13.2 Å². The lowest BCUT2D eigenvalue weighted by molar-refractivity contribution is -0.121. The fourth-order valence-corrected chi connectivity index (χ4v) is 6.16. The van der Waals surface area contributed by atoms with E-state index in [4.69, 9.17) is 4.74 Å². The van der Waals surface area contributed by atoms with Crippen LogP contribution in [0.15, 0.2) is 41.4 Å². The number of fused-ring (bicyclic) bond motifs is 1. The summed E-state index contributed by atoms with van der Waals surface area (Å²) < 4.78 is 34.6. The van der Waals surface area contributed by atoms with Crippen molar-refractivity contribution in [3.8, 4) is 0 Å². The molecule has 0 saturated carbocycles. The minimum Gasteiger partial charge on any atom is -0.461 e. The zero-order valence-electron chi connectivity index (χ0n) is 17.8. The number of aryl methyl sites for hydroxylation is 2. The third-order valence-electron chi connectivity index (χ3n) is 5.94. The van der Waals surface area contributed by atoms with Crippen LogP contribution >= 0.6 is 0 Å². The van der Waals surface area contributed by atoms with Crippen LogP contribution in [0.4, 0.5) is 5.69 Å². The molecule has 0 radical (unpaired) electrons. The molecule has 2 aliphatic rings. The first-order valence-corrected chi connectivity index (χ1v) is 12.0. The summed E-state index contributed by atoms with van der Waals surface area (Å²) in [7, 11) is -2.34. The topological polar surface area (TPSA) is 88.9 Å². The summed E-state index contributed by atoms with van der Waals surface area (Å²) in [5, 5.41) is 0. The molecule has 4 rings (SSSR count). The maximum atomic E-state index is 13.5. The highest BCUT2D eigenvalue weighted by atomic mass is 32.2. The number of hydrogen-bond acceptors (Lipinski definition) is 5. The fraction of sp³-hybridized carbons (Fsp3) is 0.455. The highest BCUT2D eigenvalue weighted by molar-refractivity contribution is 7.89. The summed E-state index contributed by atoms with van der Waals surface area (Å²) in [6.45, 7) is 2.75. The van der Waals surface area contributed by atoms with Gasteiger partial charge in [-0.05, 0) is 50.3 Å². The lowest BCUT2D eigenvalue weighted by atomic mass is 10.0. The van der Waals surface area contributed by atoms with Gasteiger partial charge in [-0.1, -0.05) is 18.2 Å². The van der Waals surface area contributed by atoms with Gasteiger partial charge in [0.15, 0.2) is 0 Å². The SMILES string of the molecule is CCOC(=O)c1cc(S(=O)(=O)N2CCC[C@H]2C(=O)N2CCCc3ccccc32)cn1C. The van der Waals surface area contributed by atoms with Crippen molar-refractivity contribution in [2.24, 2.45) is 7.05 Å². The number of para-hydroxylation sites is 1. The van der Waals surface area contributed by atoms with E-state index >= 15 is 0 Å². The molecule has 2 aromatic rings. The standard InChI is InChI=1S/C22H27N3O5S/c1-3-30-22(27)20-14-17(15-23(20)2)31(28,29)25-13-7-11-19(25)21(26)24-12-6-9-16-8-4-5-10-18(16)24/h4-5,8,10,14-15,19H,3,6-7,9,11-13H2,1-2H3/t19-/m0/s1. The maximum absolute atomic E-state index is 13.5. The van der Waals surface area contributed by atoms with Crippen LogP contribution in [0, 0.1) is 0 Å². The number of carbonyl (C=O) groups is 2. The first-order chi connectivity index (χ1) is 14.8. The molecule has 0 bridgehead atoms. The second-order valence-corrected chi connectivity index (χ2v) is 9.78. The number of amides is 1. The molecule has 1 atom stereocenters. The van der Waals surface area contributed by atoms with Crippen molar-refractivity contribution in [1.29, 1.82) is 0 Å². The van der Waals surface area contributed by atoms with Crippen molar-refractivity contribution < 1.29 is 22.7 Å². The van der Waals surface area contributed by atoms with Gasteiger partial charge in [0.2, 0.25) is 15.9 Å². The van der Waals surface area contributed by atoms with E-state index in [9.17, 15) is 18.0 Å². The van der Waals surface area contributed by atoms with Gasteiger partial charge in [-0.2, -0.15) is 4.31 Å². The van der Waals surface area contributed by atoms with Crippen molar-refractivity contribution in [1.82, 2.24) is 8.87 Å². The van der Waals surface area contributed by atoms with Crippen LogP contribution in [0.1, 0.15) is 42.2 Å². The number of rotatable bonds is 5. The monoisotopic (exact) mass is 445 g/mol. The molecule has 1 fully saturated rings. The number of nitrogens with zero attached hydrogens (tertiary/aromatic N) is 3. The molecule has 31 heavy (non-hydrogen) atoms. The summed E-state index contributed by atoms with van der Waals surface area (Å²) in [5.41, 5.74) is 2.14. The predicted molar refractivity (Wildman–Crippen MR) is 115 cm³/mol. The normalized spacial score (nSPS) is 19.3.